The second-order valence-electron chi connectivity index (χ2n) is 11.7. The molecule has 0 aromatic carbocycles. The van der Waals surface area contributed by atoms with Crippen molar-refractivity contribution in [3.05, 3.63) is 0 Å². The molecule has 0 radical (unpaired) electrons. The maximum Gasteiger partial charge on any atom is 0.217 e. The summed E-state index contributed by atoms with van der Waals surface area (Å²) < 4.78 is 32.6. The zero-order chi connectivity index (χ0) is 36.0. The first-order chi connectivity index (χ1) is 22.6. The van der Waals surface area contributed by atoms with Crippen LogP contribution in [0, 0.1) is 0 Å². The van der Waals surface area contributed by atoms with Crippen molar-refractivity contribution in [1.82, 2.24) is 5.32 Å². The van der Waals surface area contributed by atoms with Crippen molar-refractivity contribution in [1.29, 1.82) is 0 Å². The first kappa shape index (κ1) is 41.1. The molecule has 0 unspecified atom stereocenters. The van der Waals surface area contributed by atoms with Crippen molar-refractivity contribution in [2.75, 3.05) is 33.0 Å². The summed E-state index contributed by atoms with van der Waals surface area (Å²) in [4.78, 5) is 11.5. The molecule has 3 fully saturated rings. The molecule has 22 nitrogen and oxygen atoms in total. The highest BCUT2D eigenvalue weighted by atomic mass is 16.8. The number of carbonyl (C=O) groups excluding carboxylic acids is 1. The van der Waals surface area contributed by atoms with Gasteiger partial charge < -0.3 is 105 Å². The van der Waals surface area contributed by atoms with Crippen LogP contribution in [0.25, 0.3) is 0 Å². The molecule has 282 valence electrons. The number of hydrogen-bond donors (Lipinski definition) is 15. The lowest BCUT2D eigenvalue weighted by atomic mass is 9.96. The van der Waals surface area contributed by atoms with Crippen molar-refractivity contribution in [2.45, 2.75) is 123 Å². The number of hydrogen-bond acceptors (Lipinski definition) is 21. The van der Waals surface area contributed by atoms with Crippen molar-refractivity contribution in [3.8, 4) is 0 Å². The average Bonchev–Trinajstić information content (AvgIpc) is 3.07. The molecule has 15 N–H and O–H groups in total. The van der Waals surface area contributed by atoms with Gasteiger partial charge in [-0.1, -0.05) is 0 Å². The van der Waals surface area contributed by atoms with Crippen LogP contribution in [0.5, 0.6) is 0 Å². The van der Waals surface area contributed by atoms with Crippen LogP contribution >= 0.6 is 0 Å². The van der Waals surface area contributed by atoms with Crippen LogP contribution in [0.3, 0.4) is 0 Å². The fourth-order valence-corrected chi connectivity index (χ4v) is 5.43. The van der Waals surface area contributed by atoms with Gasteiger partial charge in [0.1, 0.15) is 91.6 Å². The molecule has 3 saturated heterocycles. The van der Waals surface area contributed by atoms with Crippen LogP contribution in [-0.4, -0.2) is 227 Å². The zero-order valence-corrected chi connectivity index (χ0v) is 25.6. The van der Waals surface area contributed by atoms with Gasteiger partial charge in [0.2, 0.25) is 5.91 Å². The molecule has 1 amide bonds. The first-order valence-corrected chi connectivity index (χ1v) is 15.0. The number of nitrogens with one attached hydrogen (secondary N) is 1. The lowest BCUT2D eigenvalue weighted by Crippen LogP contribution is -2.65. The van der Waals surface area contributed by atoms with Gasteiger partial charge in [-0.05, 0) is 0 Å². The highest BCUT2D eigenvalue weighted by Crippen LogP contribution is 2.31. The Morgan fingerprint density at radius 3 is 1.73 bits per heavy atom. The smallest absolute Gasteiger partial charge is 0.217 e. The summed E-state index contributed by atoms with van der Waals surface area (Å²) in [5, 5.41) is 145. The van der Waals surface area contributed by atoms with Crippen LogP contribution in [-0.2, 0) is 33.2 Å². The van der Waals surface area contributed by atoms with Crippen LogP contribution in [0.4, 0.5) is 0 Å². The number of rotatable bonds is 15. The van der Waals surface area contributed by atoms with E-state index in [1.165, 1.54) is 0 Å². The SMILES string of the molecule is CC(=O)N[C@@H](CO)[C@@H](O)[C@H](O[C@@H]1O[C@H](CO[C@H]2O[C@H](CO)[C@@H](O)[C@H](O[C@H]3O[C@H](CO)[C@@H](O)[C@H](O)[C@@H]3O)[C@@H]2O)[C@@H](O)[C@H](O)[C@@H]1O)[C@H](O)CO. The van der Waals surface area contributed by atoms with E-state index in [0.29, 0.717) is 0 Å². The van der Waals surface area contributed by atoms with E-state index < -0.39 is 155 Å². The van der Waals surface area contributed by atoms with Crippen molar-refractivity contribution in [2.24, 2.45) is 0 Å². The largest absolute Gasteiger partial charge is 0.394 e. The van der Waals surface area contributed by atoms with E-state index in [4.69, 9.17) is 28.4 Å². The monoisotopic (exact) mass is 709 g/mol. The summed E-state index contributed by atoms with van der Waals surface area (Å²) in [7, 11) is 0. The summed E-state index contributed by atoms with van der Waals surface area (Å²) >= 11 is 0. The Hall–Kier alpha value is -1.33. The average molecular weight is 710 g/mol. The van der Waals surface area contributed by atoms with Crippen molar-refractivity contribution >= 4 is 5.91 Å². The van der Waals surface area contributed by atoms with Gasteiger partial charge in [-0.25, -0.2) is 0 Å². The summed E-state index contributed by atoms with van der Waals surface area (Å²) in [6.45, 7) is -3.24. The van der Waals surface area contributed by atoms with E-state index in [9.17, 15) is 76.3 Å². The maximum atomic E-state index is 11.5. The second kappa shape index (κ2) is 18.2. The third-order valence-electron chi connectivity index (χ3n) is 8.25. The fourth-order valence-electron chi connectivity index (χ4n) is 5.43. The van der Waals surface area contributed by atoms with Gasteiger partial charge in [-0.15, -0.1) is 0 Å². The molecule has 0 spiro atoms. The highest BCUT2D eigenvalue weighted by Gasteiger charge is 2.52. The van der Waals surface area contributed by atoms with Gasteiger partial charge in [0, 0.05) is 6.92 Å². The van der Waals surface area contributed by atoms with Gasteiger partial charge in [-0.3, -0.25) is 4.79 Å². The van der Waals surface area contributed by atoms with Crippen molar-refractivity contribution in [3.63, 3.8) is 0 Å². The van der Waals surface area contributed by atoms with E-state index >= 15 is 0 Å². The van der Waals surface area contributed by atoms with Gasteiger partial charge in [0.05, 0.1) is 39.1 Å². The minimum absolute atomic E-state index is 0.682. The quantitative estimate of drug-likeness (QED) is 0.0750. The summed E-state index contributed by atoms with van der Waals surface area (Å²) in [6.07, 6.45) is -32.8. The number of ether oxygens (including phenoxy) is 6. The molecular formula is C26H47NO21. The first-order valence-electron chi connectivity index (χ1n) is 15.0. The molecule has 3 rings (SSSR count). The Labute approximate surface area is 272 Å². The van der Waals surface area contributed by atoms with E-state index in [1.807, 2.05) is 0 Å². The summed E-state index contributed by atoms with van der Waals surface area (Å²) in [5.74, 6) is -0.682. The van der Waals surface area contributed by atoms with Gasteiger partial charge in [0.15, 0.2) is 18.9 Å². The Kier molecular flexibility index (Phi) is 15.6. The predicted octanol–water partition coefficient (Wildman–Crippen LogP) is -9.97. The standard InChI is InChI=1S/C26H47NO21/c1-7(32)27-8(2-28)13(34)22(9(33)3-29)47-26-20(41)18(39)15(36)12(46-26)6-43-24-21(42)23(16(37)11(5-31)44-24)48-25-19(40)17(38)14(35)10(4-30)45-25/h8-26,28-31,33-42H,2-6H2,1H3,(H,27,32)/t8-,9+,10+,11+,12+,13+,14+,15+,16+,17-,18-,19-,20-,21-,22+,23-,24-,25+,26-/m0/s1. The Bertz CT molecular complexity index is 982. The molecule has 0 bridgehead atoms. The van der Waals surface area contributed by atoms with Crippen LogP contribution in [0.1, 0.15) is 6.92 Å². The summed E-state index contributed by atoms with van der Waals surface area (Å²) in [5.41, 5.74) is 0. The predicted molar refractivity (Wildman–Crippen MR) is 148 cm³/mol. The minimum atomic E-state index is -2.04. The molecule has 0 saturated carbocycles. The molecule has 3 aliphatic rings. The maximum absolute atomic E-state index is 11.5. The number of carbonyl (C=O) groups is 1. The Morgan fingerprint density at radius 2 is 1.19 bits per heavy atom. The Balaban J connectivity index is 1.74. The zero-order valence-electron chi connectivity index (χ0n) is 25.6. The topological polar surface area (TPSA) is 368 Å². The normalized spacial score (nSPS) is 43.3. The molecular weight excluding hydrogens is 662 g/mol. The number of aliphatic hydroxyl groups is 14. The van der Waals surface area contributed by atoms with Gasteiger partial charge in [-0.2, -0.15) is 0 Å². The third-order valence-corrected chi connectivity index (χ3v) is 8.25. The summed E-state index contributed by atoms with van der Waals surface area (Å²) in [6, 6.07) is -1.43. The number of aliphatic hydroxyl groups excluding tert-OH is 14. The third kappa shape index (κ3) is 9.31. The van der Waals surface area contributed by atoms with E-state index in [2.05, 4.69) is 5.32 Å². The molecule has 3 aliphatic heterocycles. The minimum Gasteiger partial charge on any atom is -0.394 e. The fraction of sp³-hybridized carbons (Fsp3) is 0.962. The Morgan fingerprint density at radius 1 is 0.667 bits per heavy atom. The second-order valence-corrected chi connectivity index (χ2v) is 11.7. The lowest BCUT2D eigenvalue weighted by molar-refractivity contribution is -0.367. The van der Waals surface area contributed by atoms with E-state index in [-0.39, 0.29) is 0 Å². The van der Waals surface area contributed by atoms with Crippen LogP contribution in [0.2, 0.25) is 0 Å². The number of amides is 1. The van der Waals surface area contributed by atoms with Crippen LogP contribution in [0.15, 0.2) is 0 Å². The lowest BCUT2D eigenvalue weighted by Gasteiger charge is -2.46. The molecule has 22 heteroatoms. The molecule has 3 heterocycles. The molecule has 19 atom stereocenters. The van der Waals surface area contributed by atoms with Crippen molar-refractivity contribution < 1.29 is 105 Å². The molecule has 48 heavy (non-hydrogen) atoms. The molecule has 0 aliphatic carbocycles. The van der Waals surface area contributed by atoms with E-state index in [0.717, 1.165) is 6.92 Å². The van der Waals surface area contributed by atoms with Gasteiger partial charge in [0.25, 0.3) is 0 Å². The van der Waals surface area contributed by atoms with Crippen LogP contribution < -0.4 is 5.32 Å². The molecule has 0 aromatic heterocycles. The van der Waals surface area contributed by atoms with Gasteiger partial charge >= 0.3 is 0 Å². The highest BCUT2D eigenvalue weighted by molar-refractivity contribution is 5.73. The van der Waals surface area contributed by atoms with E-state index in [1.54, 1.807) is 0 Å². The molecule has 0 aromatic rings.